The van der Waals surface area contributed by atoms with Crippen molar-refractivity contribution in [1.82, 2.24) is 5.32 Å². The zero-order valence-electron chi connectivity index (χ0n) is 12.9. The molecule has 1 amide bonds. The van der Waals surface area contributed by atoms with Gasteiger partial charge in [-0.3, -0.25) is 4.79 Å². The highest BCUT2D eigenvalue weighted by atomic mass is 79.9. The Kier molecular flexibility index (Phi) is 5.93. The van der Waals surface area contributed by atoms with E-state index in [1.165, 1.54) is 18.2 Å². The second kappa shape index (κ2) is 7.92. The van der Waals surface area contributed by atoms with Gasteiger partial charge in [-0.05, 0) is 48.4 Å². The summed E-state index contributed by atoms with van der Waals surface area (Å²) in [7, 11) is 1.61. The minimum Gasteiger partial charge on any atom is -0.496 e. The lowest BCUT2D eigenvalue weighted by molar-refractivity contribution is -0.116. The van der Waals surface area contributed by atoms with Crippen LogP contribution in [0.5, 0.6) is 5.75 Å². The van der Waals surface area contributed by atoms with E-state index in [1.54, 1.807) is 19.2 Å². The Labute approximate surface area is 143 Å². The van der Waals surface area contributed by atoms with E-state index in [0.29, 0.717) is 12.1 Å². The summed E-state index contributed by atoms with van der Waals surface area (Å²) in [6.07, 6.45) is 2.77. The lowest BCUT2D eigenvalue weighted by Gasteiger charge is -2.08. The molecule has 5 heteroatoms. The number of halogens is 2. The number of aryl methyl sites for hydroxylation is 1. The number of methoxy groups -OCH3 is 1. The van der Waals surface area contributed by atoms with E-state index in [0.717, 1.165) is 21.3 Å². The van der Waals surface area contributed by atoms with Crippen LogP contribution in [0, 0.1) is 12.7 Å². The Balaban J connectivity index is 1.97. The highest BCUT2D eigenvalue weighted by Gasteiger charge is 2.03. The van der Waals surface area contributed by atoms with Crippen LogP contribution in [0.4, 0.5) is 4.39 Å². The van der Waals surface area contributed by atoms with Gasteiger partial charge in [0.15, 0.2) is 0 Å². The molecule has 1 N–H and O–H groups in total. The van der Waals surface area contributed by atoms with Gasteiger partial charge in [0, 0.05) is 22.7 Å². The van der Waals surface area contributed by atoms with Crippen LogP contribution in [0.2, 0.25) is 0 Å². The molecule has 3 nitrogen and oxygen atoms in total. The van der Waals surface area contributed by atoms with Gasteiger partial charge in [-0.1, -0.05) is 28.1 Å². The molecular formula is C18H17BrFNO2. The van der Waals surface area contributed by atoms with Crippen molar-refractivity contribution in [2.45, 2.75) is 13.5 Å². The number of carbonyl (C=O) groups is 1. The second-order valence-electron chi connectivity index (χ2n) is 5.02. The van der Waals surface area contributed by atoms with E-state index in [2.05, 4.69) is 21.2 Å². The first kappa shape index (κ1) is 17.2. The summed E-state index contributed by atoms with van der Waals surface area (Å²) < 4.78 is 19.6. The van der Waals surface area contributed by atoms with Crippen molar-refractivity contribution < 1.29 is 13.9 Å². The molecule has 0 aromatic heterocycles. The van der Waals surface area contributed by atoms with Crippen LogP contribution < -0.4 is 10.1 Å². The van der Waals surface area contributed by atoms with E-state index in [4.69, 9.17) is 4.74 Å². The summed E-state index contributed by atoms with van der Waals surface area (Å²) in [5.41, 5.74) is 2.32. The molecular weight excluding hydrogens is 361 g/mol. The van der Waals surface area contributed by atoms with Crippen molar-refractivity contribution in [3.63, 3.8) is 0 Å². The van der Waals surface area contributed by atoms with Crippen LogP contribution in [0.3, 0.4) is 0 Å². The van der Waals surface area contributed by atoms with Crippen LogP contribution in [-0.2, 0) is 11.3 Å². The second-order valence-corrected chi connectivity index (χ2v) is 5.94. The van der Waals surface area contributed by atoms with Gasteiger partial charge in [0.1, 0.15) is 11.6 Å². The summed E-state index contributed by atoms with van der Waals surface area (Å²) in [4.78, 5) is 11.8. The van der Waals surface area contributed by atoms with Gasteiger partial charge in [0.2, 0.25) is 5.91 Å². The Morgan fingerprint density at radius 3 is 2.83 bits per heavy atom. The molecule has 0 heterocycles. The molecule has 2 aromatic carbocycles. The molecule has 0 spiro atoms. The summed E-state index contributed by atoms with van der Waals surface area (Å²) in [5, 5.41) is 2.76. The predicted molar refractivity (Wildman–Crippen MR) is 92.7 cm³/mol. The standard InChI is InChI=1S/C18H17BrFNO2/c1-12-3-4-13(9-17(12)23-2)11-21-18(22)8-5-14-10-15(19)6-7-16(14)20/h3-10H,11H2,1-2H3,(H,21,22). The largest absolute Gasteiger partial charge is 0.496 e. The van der Waals surface area contributed by atoms with Crippen molar-refractivity contribution in [3.8, 4) is 5.75 Å². The van der Waals surface area contributed by atoms with Gasteiger partial charge in [-0.15, -0.1) is 0 Å². The molecule has 2 aromatic rings. The fourth-order valence-electron chi connectivity index (χ4n) is 2.03. The first-order valence-corrected chi connectivity index (χ1v) is 7.83. The molecule has 0 aliphatic carbocycles. The van der Waals surface area contributed by atoms with Gasteiger partial charge in [-0.25, -0.2) is 4.39 Å². The number of amides is 1. The molecule has 2 rings (SSSR count). The quantitative estimate of drug-likeness (QED) is 0.791. The number of carbonyl (C=O) groups excluding carboxylic acids is 1. The highest BCUT2D eigenvalue weighted by Crippen LogP contribution is 2.19. The van der Waals surface area contributed by atoms with Crippen LogP contribution in [0.1, 0.15) is 16.7 Å². The van der Waals surface area contributed by atoms with Crippen LogP contribution in [-0.4, -0.2) is 13.0 Å². The van der Waals surface area contributed by atoms with E-state index in [9.17, 15) is 9.18 Å². The van der Waals surface area contributed by atoms with Crippen LogP contribution in [0.25, 0.3) is 6.08 Å². The number of rotatable bonds is 5. The van der Waals surface area contributed by atoms with Crippen molar-refractivity contribution in [1.29, 1.82) is 0 Å². The average molecular weight is 378 g/mol. The number of hydrogen-bond donors (Lipinski definition) is 1. The van der Waals surface area contributed by atoms with Crippen molar-refractivity contribution >= 4 is 27.9 Å². The summed E-state index contributed by atoms with van der Waals surface area (Å²) >= 11 is 3.27. The number of benzene rings is 2. The Morgan fingerprint density at radius 2 is 2.09 bits per heavy atom. The maximum atomic E-state index is 13.6. The first-order chi connectivity index (χ1) is 11.0. The van der Waals surface area contributed by atoms with E-state index in [-0.39, 0.29) is 11.7 Å². The first-order valence-electron chi connectivity index (χ1n) is 7.04. The molecule has 0 aliphatic heterocycles. The van der Waals surface area contributed by atoms with E-state index in [1.807, 2.05) is 25.1 Å². The summed E-state index contributed by atoms with van der Waals surface area (Å²) in [5.74, 6) is 0.118. The molecule has 0 fully saturated rings. The molecule has 120 valence electrons. The lowest BCUT2D eigenvalue weighted by Crippen LogP contribution is -2.20. The van der Waals surface area contributed by atoms with Gasteiger partial charge in [0.25, 0.3) is 0 Å². The van der Waals surface area contributed by atoms with Gasteiger partial charge in [-0.2, -0.15) is 0 Å². The number of ether oxygens (including phenoxy) is 1. The zero-order valence-corrected chi connectivity index (χ0v) is 14.5. The van der Waals surface area contributed by atoms with Gasteiger partial charge < -0.3 is 10.1 Å². The zero-order chi connectivity index (χ0) is 16.8. The molecule has 0 unspecified atom stereocenters. The summed E-state index contributed by atoms with van der Waals surface area (Å²) in [6.45, 7) is 2.33. The minimum atomic E-state index is -0.375. The third-order valence-corrected chi connectivity index (χ3v) is 3.80. The van der Waals surface area contributed by atoms with Crippen LogP contribution in [0.15, 0.2) is 46.9 Å². The average Bonchev–Trinajstić information content (AvgIpc) is 2.54. The molecule has 0 atom stereocenters. The fourth-order valence-corrected chi connectivity index (χ4v) is 2.41. The number of hydrogen-bond acceptors (Lipinski definition) is 2. The molecule has 0 bridgehead atoms. The normalized spacial score (nSPS) is 10.8. The Hall–Kier alpha value is -2.14. The van der Waals surface area contributed by atoms with E-state index < -0.39 is 0 Å². The third kappa shape index (κ3) is 4.93. The van der Waals surface area contributed by atoms with Crippen molar-refractivity contribution in [2.24, 2.45) is 0 Å². The Morgan fingerprint density at radius 1 is 1.30 bits per heavy atom. The highest BCUT2D eigenvalue weighted by molar-refractivity contribution is 9.10. The smallest absolute Gasteiger partial charge is 0.244 e. The molecule has 0 aliphatic rings. The summed E-state index contributed by atoms with van der Waals surface area (Å²) in [6, 6.07) is 10.3. The molecule has 0 saturated heterocycles. The van der Waals surface area contributed by atoms with Gasteiger partial charge >= 0.3 is 0 Å². The predicted octanol–water partition coefficient (Wildman–Crippen LogP) is 4.23. The minimum absolute atomic E-state index is 0.288. The van der Waals surface area contributed by atoms with Gasteiger partial charge in [0.05, 0.1) is 7.11 Å². The van der Waals surface area contributed by atoms with Crippen molar-refractivity contribution in [2.75, 3.05) is 7.11 Å². The molecule has 23 heavy (non-hydrogen) atoms. The third-order valence-electron chi connectivity index (χ3n) is 3.31. The lowest BCUT2D eigenvalue weighted by atomic mass is 10.1. The number of nitrogens with one attached hydrogen (secondary N) is 1. The topological polar surface area (TPSA) is 38.3 Å². The maximum absolute atomic E-state index is 13.6. The monoisotopic (exact) mass is 377 g/mol. The fraction of sp³-hybridized carbons (Fsp3) is 0.167. The van der Waals surface area contributed by atoms with E-state index >= 15 is 0 Å². The SMILES string of the molecule is COc1cc(CNC(=O)C=Cc2cc(Br)ccc2F)ccc1C. The van der Waals surface area contributed by atoms with Crippen molar-refractivity contribution in [3.05, 3.63) is 69.5 Å². The van der Waals surface area contributed by atoms with Crippen LogP contribution >= 0.6 is 15.9 Å². The molecule has 0 radical (unpaired) electrons. The maximum Gasteiger partial charge on any atom is 0.244 e. The Bertz CT molecular complexity index is 744. The molecule has 0 saturated carbocycles.